The third-order valence-corrected chi connectivity index (χ3v) is 5.28. The molecule has 3 rings (SSSR count). The Bertz CT molecular complexity index is 923. The zero-order chi connectivity index (χ0) is 21.0. The van der Waals surface area contributed by atoms with Gasteiger partial charge in [0, 0.05) is 23.7 Å². The number of imidazole rings is 1. The SMILES string of the molecule is Cn1cnc2c1C(=N)N(CC(=O)c1cc(C(C)(C)C)c(O)c(C(C)(C)C)c1)C2. The van der Waals surface area contributed by atoms with Crippen LogP contribution in [-0.4, -0.2) is 37.7 Å². The number of ketones is 1. The van der Waals surface area contributed by atoms with Crippen LogP contribution in [0.2, 0.25) is 0 Å². The summed E-state index contributed by atoms with van der Waals surface area (Å²) in [6.07, 6.45) is 1.70. The number of Topliss-reactive ketones (excluding diaryl/α,β-unsaturated/α-hetero) is 1. The fourth-order valence-corrected chi connectivity index (χ4v) is 3.65. The van der Waals surface area contributed by atoms with Crippen LogP contribution in [0.15, 0.2) is 18.5 Å². The van der Waals surface area contributed by atoms with Gasteiger partial charge in [-0.25, -0.2) is 4.98 Å². The highest BCUT2D eigenvalue weighted by molar-refractivity contribution is 6.04. The number of aromatic nitrogens is 2. The Kier molecular flexibility index (Phi) is 4.64. The van der Waals surface area contributed by atoms with E-state index in [4.69, 9.17) is 5.41 Å². The third kappa shape index (κ3) is 3.43. The number of hydrogen-bond donors (Lipinski definition) is 2. The van der Waals surface area contributed by atoms with Crippen LogP contribution in [0.4, 0.5) is 0 Å². The fraction of sp³-hybridized carbons (Fsp3) is 0.500. The van der Waals surface area contributed by atoms with Crippen molar-refractivity contribution in [1.82, 2.24) is 14.5 Å². The van der Waals surface area contributed by atoms with Crippen molar-refractivity contribution in [3.63, 3.8) is 0 Å². The maximum Gasteiger partial charge on any atom is 0.182 e. The smallest absolute Gasteiger partial charge is 0.182 e. The molecule has 0 atom stereocenters. The lowest BCUT2D eigenvalue weighted by atomic mass is 9.78. The van der Waals surface area contributed by atoms with Gasteiger partial charge in [-0.3, -0.25) is 10.2 Å². The molecule has 1 aliphatic heterocycles. The highest BCUT2D eigenvalue weighted by Crippen LogP contribution is 2.40. The summed E-state index contributed by atoms with van der Waals surface area (Å²) in [5.74, 6) is 0.532. The van der Waals surface area contributed by atoms with Crippen molar-refractivity contribution < 1.29 is 9.90 Å². The van der Waals surface area contributed by atoms with E-state index in [1.54, 1.807) is 23.4 Å². The maximum atomic E-state index is 13.1. The lowest BCUT2D eigenvalue weighted by Gasteiger charge is -2.28. The van der Waals surface area contributed by atoms with Gasteiger partial charge in [0.15, 0.2) is 5.78 Å². The van der Waals surface area contributed by atoms with Crippen molar-refractivity contribution in [3.8, 4) is 5.75 Å². The number of phenolic OH excluding ortho intramolecular Hbond substituents is 1. The number of nitrogens with one attached hydrogen (secondary N) is 1. The van der Waals surface area contributed by atoms with E-state index in [1.807, 2.05) is 53.2 Å². The Hall–Kier alpha value is -2.63. The minimum Gasteiger partial charge on any atom is -0.507 e. The van der Waals surface area contributed by atoms with E-state index in [-0.39, 0.29) is 28.9 Å². The van der Waals surface area contributed by atoms with Gasteiger partial charge in [0.1, 0.15) is 17.3 Å². The van der Waals surface area contributed by atoms with Crippen molar-refractivity contribution in [2.75, 3.05) is 6.54 Å². The average molecular weight is 383 g/mol. The van der Waals surface area contributed by atoms with Gasteiger partial charge in [-0.1, -0.05) is 41.5 Å². The molecular weight excluding hydrogens is 352 g/mol. The molecule has 0 fully saturated rings. The van der Waals surface area contributed by atoms with Gasteiger partial charge in [-0.2, -0.15) is 0 Å². The standard InChI is InChI=1S/C22H30N4O2/c1-21(2,3)14-8-13(9-15(19(14)28)22(4,5)6)17(27)11-26-10-16-18(20(26)23)25(7)12-24-16/h8-9,12,23,28H,10-11H2,1-7H3. The van der Waals surface area contributed by atoms with Crippen molar-refractivity contribution in [2.24, 2.45) is 7.05 Å². The highest BCUT2D eigenvalue weighted by atomic mass is 16.3. The fourth-order valence-electron chi connectivity index (χ4n) is 3.65. The van der Waals surface area contributed by atoms with E-state index in [0.29, 0.717) is 17.9 Å². The molecule has 1 aliphatic rings. The van der Waals surface area contributed by atoms with Gasteiger partial charge < -0.3 is 14.6 Å². The molecule has 0 saturated heterocycles. The molecule has 6 heteroatoms. The van der Waals surface area contributed by atoms with E-state index in [0.717, 1.165) is 22.5 Å². The summed E-state index contributed by atoms with van der Waals surface area (Å²) in [5.41, 5.74) is 3.13. The summed E-state index contributed by atoms with van der Waals surface area (Å²) in [4.78, 5) is 19.2. The summed E-state index contributed by atoms with van der Waals surface area (Å²) in [5, 5.41) is 19.2. The summed E-state index contributed by atoms with van der Waals surface area (Å²) >= 11 is 0. The number of phenols is 1. The summed E-state index contributed by atoms with van der Waals surface area (Å²) in [6.45, 7) is 12.8. The summed E-state index contributed by atoms with van der Waals surface area (Å²) < 4.78 is 1.82. The van der Waals surface area contributed by atoms with Crippen LogP contribution in [-0.2, 0) is 24.4 Å². The second-order valence-electron chi connectivity index (χ2n) is 9.70. The number of carbonyl (C=O) groups is 1. The Morgan fingerprint density at radius 2 is 1.68 bits per heavy atom. The van der Waals surface area contributed by atoms with Crippen LogP contribution >= 0.6 is 0 Å². The molecule has 2 heterocycles. The molecule has 0 unspecified atom stereocenters. The van der Waals surface area contributed by atoms with Gasteiger partial charge in [0.2, 0.25) is 0 Å². The minimum atomic E-state index is -0.291. The normalized spacial score (nSPS) is 14.5. The number of benzene rings is 1. The number of fused-ring (bicyclic) bond motifs is 1. The van der Waals surface area contributed by atoms with E-state index >= 15 is 0 Å². The molecule has 150 valence electrons. The first-order chi connectivity index (χ1) is 12.8. The molecule has 0 radical (unpaired) electrons. The van der Waals surface area contributed by atoms with Crippen molar-refractivity contribution in [3.05, 3.63) is 46.5 Å². The highest BCUT2D eigenvalue weighted by Gasteiger charge is 2.31. The molecule has 1 aromatic carbocycles. The molecule has 2 N–H and O–H groups in total. The molecule has 2 aromatic rings. The summed E-state index contributed by atoms with van der Waals surface area (Å²) in [7, 11) is 1.86. The van der Waals surface area contributed by atoms with Crippen LogP contribution in [0.1, 0.15) is 74.4 Å². The van der Waals surface area contributed by atoms with Gasteiger partial charge in [0.25, 0.3) is 0 Å². The molecular formula is C22H30N4O2. The first-order valence-electron chi connectivity index (χ1n) is 9.56. The number of carbonyl (C=O) groups excluding carboxylic acids is 1. The molecule has 0 saturated carbocycles. The number of aromatic hydroxyl groups is 1. The van der Waals surface area contributed by atoms with Crippen LogP contribution in [0.5, 0.6) is 5.75 Å². The number of rotatable bonds is 3. The number of hydrogen-bond acceptors (Lipinski definition) is 4. The second-order valence-corrected chi connectivity index (χ2v) is 9.70. The molecule has 6 nitrogen and oxygen atoms in total. The Morgan fingerprint density at radius 3 is 2.14 bits per heavy atom. The molecule has 0 aliphatic carbocycles. The lowest BCUT2D eigenvalue weighted by Crippen LogP contribution is -2.31. The zero-order valence-corrected chi connectivity index (χ0v) is 17.8. The number of amidine groups is 1. The van der Waals surface area contributed by atoms with Gasteiger partial charge >= 0.3 is 0 Å². The Labute approximate surface area is 166 Å². The van der Waals surface area contributed by atoms with E-state index in [9.17, 15) is 9.90 Å². The van der Waals surface area contributed by atoms with Crippen LogP contribution in [0.3, 0.4) is 0 Å². The lowest BCUT2D eigenvalue weighted by molar-refractivity contribution is 0.0962. The number of aryl methyl sites for hydroxylation is 1. The predicted octanol–water partition coefficient (Wildman–Crippen LogP) is 3.74. The average Bonchev–Trinajstić information content (AvgIpc) is 3.06. The third-order valence-electron chi connectivity index (χ3n) is 5.28. The maximum absolute atomic E-state index is 13.1. The molecule has 0 bridgehead atoms. The first kappa shape index (κ1) is 20.1. The van der Waals surface area contributed by atoms with Gasteiger partial charge in [-0.05, 0) is 23.0 Å². The first-order valence-corrected chi connectivity index (χ1v) is 9.56. The van der Waals surface area contributed by atoms with E-state index < -0.39 is 0 Å². The number of nitrogens with zero attached hydrogens (tertiary/aromatic N) is 3. The summed E-state index contributed by atoms with van der Waals surface area (Å²) in [6, 6.07) is 3.61. The van der Waals surface area contributed by atoms with Crippen LogP contribution < -0.4 is 0 Å². The van der Waals surface area contributed by atoms with Crippen LogP contribution in [0.25, 0.3) is 0 Å². The second kappa shape index (κ2) is 6.47. The van der Waals surface area contributed by atoms with Gasteiger partial charge in [0.05, 0.1) is 25.1 Å². The van der Waals surface area contributed by atoms with E-state index in [2.05, 4.69) is 4.98 Å². The Balaban J connectivity index is 1.95. The quantitative estimate of drug-likeness (QED) is 0.792. The molecule has 1 aromatic heterocycles. The Morgan fingerprint density at radius 1 is 1.14 bits per heavy atom. The molecule has 28 heavy (non-hydrogen) atoms. The molecule has 0 amide bonds. The monoisotopic (exact) mass is 382 g/mol. The van der Waals surface area contributed by atoms with Crippen LogP contribution in [0, 0.1) is 5.41 Å². The van der Waals surface area contributed by atoms with Crippen molar-refractivity contribution in [2.45, 2.75) is 58.9 Å². The van der Waals surface area contributed by atoms with Crippen molar-refractivity contribution >= 4 is 11.6 Å². The van der Waals surface area contributed by atoms with Gasteiger partial charge in [-0.15, -0.1) is 0 Å². The zero-order valence-electron chi connectivity index (χ0n) is 17.8. The molecule has 0 spiro atoms. The minimum absolute atomic E-state index is 0.0615. The van der Waals surface area contributed by atoms with E-state index in [1.165, 1.54) is 0 Å². The van der Waals surface area contributed by atoms with Crippen molar-refractivity contribution in [1.29, 1.82) is 5.41 Å². The topological polar surface area (TPSA) is 82.2 Å². The predicted molar refractivity (Wildman–Crippen MR) is 110 cm³/mol. The largest absolute Gasteiger partial charge is 0.507 e.